The minimum absolute atomic E-state index is 0.340. The van der Waals surface area contributed by atoms with Crippen LogP contribution in [0.1, 0.15) is 35.8 Å². The van der Waals surface area contributed by atoms with E-state index in [-0.39, 0.29) is 0 Å². The van der Waals surface area contributed by atoms with Crippen LogP contribution in [-0.2, 0) is 0 Å². The molecular weight excluding hydrogens is 276 g/mol. The first-order valence-corrected chi connectivity index (χ1v) is 8.32. The third kappa shape index (κ3) is 3.48. The van der Waals surface area contributed by atoms with E-state index in [1.54, 1.807) is 0 Å². The highest BCUT2D eigenvalue weighted by Crippen LogP contribution is 2.35. The van der Waals surface area contributed by atoms with Gasteiger partial charge in [0.15, 0.2) is 5.17 Å². The van der Waals surface area contributed by atoms with Gasteiger partial charge in [-0.2, -0.15) is 0 Å². The highest BCUT2D eigenvalue weighted by atomic mass is 32.2. The molecule has 3 rings (SSSR count). The summed E-state index contributed by atoms with van der Waals surface area (Å²) in [4.78, 5) is 4.68. The van der Waals surface area contributed by atoms with Crippen molar-refractivity contribution in [3.05, 3.63) is 71.8 Å². The van der Waals surface area contributed by atoms with Gasteiger partial charge in [0, 0.05) is 0 Å². The number of nitrogens with one attached hydrogen (secondary N) is 1. The molecule has 0 fully saturated rings. The van der Waals surface area contributed by atoms with Crippen LogP contribution in [0.15, 0.2) is 65.7 Å². The molecule has 21 heavy (non-hydrogen) atoms. The third-order valence-corrected chi connectivity index (χ3v) is 4.91. The summed E-state index contributed by atoms with van der Waals surface area (Å²) in [5.74, 6) is 0. The molecule has 1 aliphatic heterocycles. The number of hydrogen-bond acceptors (Lipinski definition) is 3. The second kappa shape index (κ2) is 6.81. The molecule has 0 saturated heterocycles. The van der Waals surface area contributed by atoms with Crippen LogP contribution in [0, 0.1) is 0 Å². The van der Waals surface area contributed by atoms with Gasteiger partial charge < -0.3 is 5.32 Å². The molecule has 2 unspecified atom stereocenters. The highest BCUT2D eigenvalue weighted by Gasteiger charge is 2.22. The Balaban J connectivity index is 1.64. The largest absolute Gasteiger partial charge is 0.358 e. The molecule has 0 amide bonds. The number of hydrogen-bond donors (Lipinski definition) is 1. The van der Waals surface area contributed by atoms with Crippen LogP contribution in [-0.4, -0.2) is 11.7 Å². The Labute approximate surface area is 130 Å². The van der Waals surface area contributed by atoms with Crippen LogP contribution < -0.4 is 5.32 Å². The van der Waals surface area contributed by atoms with E-state index in [1.807, 2.05) is 11.8 Å². The second-order valence-corrected chi connectivity index (χ2v) is 6.37. The summed E-state index contributed by atoms with van der Waals surface area (Å²) < 4.78 is 0. The van der Waals surface area contributed by atoms with E-state index < -0.39 is 0 Å². The standard InChI is InChI=1S/C18H20N2S/c1-2-16(14-9-5-3-6-10-14)20-18-19-13-17(21-18)15-11-7-4-8-12-15/h3-12,16-17H,2,13H2,1H3,(H,19,20). The summed E-state index contributed by atoms with van der Waals surface area (Å²) in [6, 6.07) is 21.6. The van der Waals surface area contributed by atoms with Gasteiger partial charge in [-0.1, -0.05) is 79.3 Å². The van der Waals surface area contributed by atoms with Gasteiger partial charge >= 0.3 is 0 Å². The van der Waals surface area contributed by atoms with Crippen molar-refractivity contribution in [2.75, 3.05) is 6.54 Å². The summed E-state index contributed by atoms with van der Waals surface area (Å²) >= 11 is 1.84. The van der Waals surface area contributed by atoms with Gasteiger partial charge in [-0.3, -0.25) is 4.99 Å². The average Bonchev–Trinajstić information content (AvgIpc) is 3.03. The third-order valence-electron chi connectivity index (χ3n) is 3.73. The molecule has 3 heteroatoms. The van der Waals surface area contributed by atoms with E-state index in [9.17, 15) is 0 Å². The Hall–Kier alpha value is -1.74. The molecule has 108 valence electrons. The van der Waals surface area contributed by atoms with E-state index in [0.717, 1.165) is 18.1 Å². The molecule has 1 aliphatic rings. The molecule has 0 radical (unpaired) electrons. The number of nitrogens with zero attached hydrogens (tertiary/aromatic N) is 1. The van der Waals surface area contributed by atoms with Crippen molar-refractivity contribution < 1.29 is 0 Å². The first-order chi connectivity index (χ1) is 10.4. The number of rotatable bonds is 4. The van der Waals surface area contributed by atoms with Gasteiger partial charge in [0.2, 0.25) is 0 Å². The van der Waals surface area contributed by atoms with Crippen molar-refractivity contribution in [3.8, 4) is 0 Å². The molecule has 2 aromatic carbocycles. The van der Waals surface area contributed by atoms with E-state index in [4.69, 9.17) is 0 Å². The molecule has 0 bridgehead atoms. The van der Waals surface area contributed by atoms with Crippen molar-refractivity contribution in [1.29, 1.82) is 0 Å². The van der Waals surface area contributed by atoms with Crippen LogP contribution in [0.3, 0.4) is 0 Å². The highest BCUT2D eigenvalue weighted by molar-refractivity contribution is 8.14. The van der Waals surface area contributed by atoms with Gasteiger partial charge in [0.1, 0.15) is 0 Å². The molecule has 1 heterocycles. The second-order valence-electron chi connectivity index (χ2n) is 5.18. The van der Waals surface area contributed by atoms with E-state index in [2.05, 4.69) is 77.9 Å². The van der Waals surface area contributed by atoms with Gasteiger partial charge in [-0.25, -0.2) is 0 Å². The Bertz CT molecular complexity index is 595. The first kappa shape index (κ1) is 14.2. The molecule has 2 nitrogen and oxygen atoms in total. The van der Waals surface area contributed by atoms with Crippen LogP contribution in [0.5, 0.6) is 0 Å². The molecule has 0 spiro atoms. The van der Waals surface area contributed by atoms with E-state index >= 15 is 0 Å². The number of amidine groups is 1. The monoisotopic (exact) mass is 296 g/mol. The van der Waals surface area contributed by atoms with Crippen LogP contribution in [0.2, 0.25) is 0 Å². The summed E-state index contributed by atoms with van der Waals surface area (Å²) in [6.45, 7) is 3.07. The maximum Gasteiger partial charge on any atom is 0.157 e. The topological polar surface area (TPSA) is 24.4 Å². The summed E-state index contributed by atoms with van der Waals surface area (Å²) in [7, 11) is 0. The zero-order chi connectivity index (χ0) is 14.5. The molecule has 0 aromatic heterocycles. The molecule has 0 saturated carbocycles. The van der Waals surface area contributed by atoms with Crippen molar-refractivity contribution in [3.63, 3.8) is 0 Å². The number of aliphatic imine (C=N–C) groups is 1. The number of thioether (sulfide) groups is 1. The predicted molar refractivity (Wildman–Crippen MR) is 91.7 cm³/mol. The van der Waals surface area contributed by atoms with Gasteiger partial charge in [-0.15, -0.1) is 0 Å². The Morgan fingerprint density at radius 3 is 2.43 bits per heavy atom. The lowest BCUT2D eigenvalue weighted by Crippen LogP contribution is -2.24. The maximum absolute atomic E-state index is 4.68. The van der Waals surface area contributed by atoms with E-state index in [1.165, 1.54) is 11.1 Å². The fourth-order valence-electron chi connectivity index (χ4n) is 2.55. The van der Waals surface area contributed by atoms with Crippen molar-refractivity contribution >= 4 is 16.9 Å². The van der Waals surface area contributed by atoms with Crippen molar-refractivity contribution in [2.24, 2.45) is 4.99 Å². The fraction of sp³-hybridized carbons (Fsp3) is 0.278. The maximum atomic E-state index is 4.68. The van der Waals surface area contributed by atoms with Crippen LogP contribution >= 0.6 is 11.8 Å². The molecule has 1 N–H and O–H groups in total. The lowest BCUT2D eigenvalue weighted by Gasteiger charge is -2.18. The van der Waals surface area contributed by atoms with Crippen LogP contribution in [0.25, 0.3) is 0 Å². The molecular formula is C18H20N2S. The van der Waals surface area contributed by atoms with Crippen LogP contribution in [0.4, 0.5) is 0 Å². The zero-order valence-electron chi connectivity index (χ0n) is 12.2. The van der Waals surface area contributed by atoms with E-state index in [0.29, 0.717) is 11.3 Å². The summed E-state index contributed by atoms with van der Waals surface area (Å²) in [6.07, 6.45) is 1.06. The predicted octanol–water partition coefficient (Wildman–Crippen LogP) is 4.57. The Kier molecular flexibility index (Phi) is 4.61. The first-order valence-electron chi connectivity index (χ1n) is 7.44. The smallest absolute Gasteiger partial charge is 0.157 e. The zero-order valence-corrected chi connectivity index (χ0v) is 13.0. The SMILES string of the molecule is CCC(NC1=NCC(c2ccccc2)S1)c1ccccc1. The minimum atomic E-state index is 0.340. The Morgan fingerprint density at radius 2 is 1.76 bits per heavy atom. The molecule has 2 atom stereocenters. The van der Waals surface area contributed by atoms with Gasteiger partial charge in [-0.05, 0) is 17.5 Å². The minimum Gasteiger partial charge on any atom is -0.358 e. The summed E-state index contributed by atoms with van der Waals surface area (Å²) in [5, 5.41) is 5.11. The van der Waals surface area contributed by atoms with Crippen molar-refractivity contribution in [2.45, 2.75) is 24.6 Å². The number of benzene rings is 2. The van der Waals surface area contributed by atoms with Gasteiger partial charge in [0.25, 0.3) is 0 Å². The normalized spacial score (nSPS) is 19.1. The van der Waals surface area contributed by atoms with Gasteiger partial charge in [0.05, 0.1) is 17.8 Å². The lowest BCUT2D eigenvalue weighted by molar-refractivity contribution is 0.630. The molecule has 0 aliphatic carbocycles. The average molecular weight is 296 g/mol. The lowest BCUT2D eigenvalue weighted by atomic mass is 10.1. The fourth-order valence-corrected chi connectivity index (χ4v) is 3.62. The quantitative estimate of drug-likeness (QED) is 0.893. The Morgan fingerprint density at radius 1 is 1.10 bits per heavy atom. The summed E-state index contributed by atoms with van der Waals surface area (Å²) in [5.41, 5.74) is 2.68. The molecule has 2 aromatic rings. The van der Waals surface area contributed by atoms with Crippen molar-refractivity contribution in [1.82, 2.24) is 5.32 Å².